The summed E-state index contributed by atoms with van der Waals surface area (Å²) in [6, 6.07) is 4.85. The van der Waals surface area contributed by atoms with Crippen molar-refractivity contribution in [2.75, 3.05) is 19.5 Å². The fourth-order valence-corrected chi connectivity index (χ4v) is 1.91. The summed E-state index contributed by atoms with van der Waals surface area (Å²) in [6.07, 6.45) is 1.83. The summed E-state index contributed by atoms with van der Waals surface area (Å²) in [7, 11) is 1.61. The highest BCUT2D eigenvalue weighted by Gasteiger charge is 2.15. The summed E-state index contributed by atoms with van der Waals surface area (Å²) < 4.78 is 5.08. The smallest absolute Gasteiger partial charge is 0.253 e. The Morgan fingerprint density at radius 3 is 2.89 bits per heavy atom. The lowest BCUT2D eigenvalue weighted by Crippen LogP contribution is -2.38. The molecular weight excluding hydrogens is 252 g/mol. The van der Waals surface area contributed by atoms with Gasteiger partial charge in [0.1, 0.15) is 0 Å². The molecule has 18 heavy (non-hydrogen) atoms. The maximum atomic E-state index is 12.1. The number of benzene rings is 1. The fraction of sp³-hybridized carbons (Fsp3) is 0.462. The van der Waals surface area contributed by atoms with E-state index in [1.54, 1.807) is 25.3 Å². The molecule has 0 aliphatic carbocycles. The minimum absolute atomic E-state index is 0.00844. The van der Waals surface area contributed by atoms with Gasteiger partial charge in [-0.05, 0) is 24.6 Å². The summed E-state index contributed by atoms with van der Waals surface area (Å²) >= 11 is 5.86. The molecule has 0 radical (unpaired) electrons. The first-order valence-electron chi connectivity index (χ1n) is 5.93. The van der Waals surface area contributed by atoms with E-state index in [0.29, 0.717) is 22.9 Å². The van der Waals surface area contributed by atoms with Crippen LogP contribution in [-0.2, 0) is 4.74 Å². The number of nitrogens with two attached hydrogens (primary N) is 1. The molecule has 0 bridgehead atoms. The molecule has 0 aliphatic heterocycles. The zero-order valence-electron chi connectivity index (χ0n) is 10.7. The Labute approximate surface area is 112 Å². The van der Waals surface area contributed by atoms with Crippen molar-refractivity contribution in [3.63, 3.8) is 0 Å². The van der Waals surface area contributed by atoms with Crippen molar-refractivity contribution in [1.82, 2.24) is 5.32 Å². The van der Waals surface area contributed by atoms with Crippen LogP contribution in [0.15, 0.2) is 18.2 Å². The summed E-state index contributed by atoms with van der Waals surface area (Å²) in [5, 5.41) is 3.39. The number of nitrogens with one attached hydrogen (secondary N) is 1. The number of carbonyl (C=O) groups is 1. The van der Waals surface area contributed by atoms with Crippen molar-refractivity contribution in [3.05, 3.63) is 28.8 Å². The molecule has 0 spiro atoms. The summed E-state index contributed by atoms with van der Waals surface area (Å²) in [4.78, 5) is 12.1. The Morgan fingerprint density at radius 1 is 1.56 bits per heavy atom. The number of methoxy groups -OCH3 is 1. The monoisotopic (exact) mass is 270 g/mol. The molecule has 0 fully saturated rings. The summed E-state index contributed by atoms with van der Waals surface area (Å²) in [5.74, 6) is -0.217. The van der Waals surface area contributed by atoms with Gasteiger partial charge in [0.05, 0.1) is 18.2 Å². The first-order valence-corrected chi connectivity index (χ1v) is 6.31. The van der Waals surface area contributed by atoms with Gasteiger partial charge < -0.3 is 15.8 Å². The molecule has 0 heterocycles. The van der Waals surface area contributed by atoms with Crippen molar-refractivity contribution in [3.8, 4) is 0 Å². The Balaban J connectivity index is 2.76. The molecule has 1 rings (SSSR count). The lowest BCUT2D eigenvalue weighted by atomic mass is 10.1. The van der Waals surface area contributed by atoms with Crippen molar-refractivity contribution in [2.45, 2.75) is 25.8 Å². The molecular formula is C13H19ClN2O2. The number of carbonyl (C=O) groups excluding carboxylic acids is 1. The van der Waals surface area contributed by atoms with Crippen molar-refractivity contribution in [2.24, 2.45) is 0 Å². The summed E-state index contributed by atoms with van der Waals surface area (Å²) in [5.41, 5.74) is 6.59. The third-order valence-corrected chi connectivity index (χ3v) is 2.84. The number of hydrogen-bond donors (Lipinski definition) is 2. The molecule has 1 unspecified atom stereocenters. The summed E-state index contributed by atoms with van der Waals surface area (Å²) in [6.45, 7) is 2.54. The molecule has 1 amide bonds. The SMILES string of the molecule is CCCC(COC)NC(=O)c1cc(Cl)ccc1N. The number of nitrogen functional groups attached to an aromatic ring is 1. The van der Waals surface area contributed by atoms with E-state index in [1.165, 1.54) is 0 Å². The van der Waals surface area contributed by atoms with E-state index in [4.69, 9.17) is 22.1 Å². The van der Waals surface area contributed by atoms with Crippen LogP contribution in [0.1, 0.15) is 30.1 Å². The van der Waals surface area contributed by atoms with Crippen LogP contribution in [0.5, 0.6) is 0 Å². The highest BCUT2D eigenvalue weighted by Crippen LogP contribution is 2.18. The number of halogens is 1. The molecule has 1 aromatic rings. The number of ether oxygens (including phenoxy) is 1. The maximum Gasteiger partial charge on any atom is 0.253 e. The minimum atomic E-state index is -0.217. The average Bonchev–Trinajstić information content (AvgIpc) is 2.33. The zero-order valence-corrected chi connectivity index (χ0v) is 11.5. The molecule has 3 N–H and O–H groups in total. The Kier molecular flexibility index (Phi) is 5.95. The van der Waals surface area contributed by atoms with Crippen LogP contribution in [0, 0.1) is 0 Å². The number of anilines is 1. The van der Waals surface area contributed by atoms with Gasteiger partial charge in [0.15, 0.2) is 0 Å². The quantitative estimate of drug-likeness (QED) is 0.781. The van der Waals surface area contributed by atoms with Gasteiger partial charge in [0, 0.05) is 17.8 Å². The van der Waals surface area contributed by atoms with E-state index in [9.17, 15) is 4.79 Å². The third kappa shape index (κ3) is 4.20. The Hall–Kier alpha value is -1.26. The van der Waals surface area contributed by atoms with Gasteiger partial charge in [-0.1, -0.05) is 24.9 Å². The molecule has 1 aromatic carbocycles. The standard InChI is InChI=1S/C13H19ClN2O2/c1-3-4-10(8-18-2)16-13(17)11-7-9(14)5-6-12(11)15/h5-7,10H,3-4,8,15H2,1-2H3,(H,16,17). The second-order valence-corrected chi connectivity index (χ2v) is 4.58. The van der Waals surface area contributed by atoms with Gasteiger partial charge >= 0.3 is 0 Å². The highest BCUT2D eigenvalue weighted by molar-refractivity contribution is 6.31. The van der Waals surface area contributed by atoms with Crippen molar-refractivity contribution >= 4 is 23.2 Å². The van der Waals surface area contributed by atoms with E-state index in [-0.39, 0.29) is 11.9 Å². The number of hydrogen-bond acceptors (Lipinski definition) is 3. The van der Waals surface area contributed by atoms with Crippen LogP contribution in [0.25, 0.3) is 0 Å². The fourth-order valence-electron chi connectivity index (χ4n) is 1.74. The van der Waals surface area contributed by atoms with Gasteiger partial charge in [-0.15, -0.1) is 0 Å². The van der Waals surface area contributed by atoms with Crippen molar-refractivity contribution < 1.29 is 9.53 Å². The van der Waals surface area contributed by atoms with Gasteiger partial charge in [-0.3, -0.25) is 4.79 Å². The first kappa shape index (κ1) is 14.8. The lowest BCUT2D eigenvalue weighted by Gasteiger charge is -2.17. The van der Waals surface area contributed by atoms with Crippen LogP contribution >= 0.6 is 11.6 Å². The number of amides is 1. The lowest BCUT2D eigenvalue weighted by molar-refractivity contribution is 0.0892. The normalized spacial score (nSPS) is 12.2. The molecule has 0 saturated carbocycles. The van der Waals surface area contributed by atoms with Crippen LogP contribution in [0.4, 0.5) is 5.69 Å². The van der Waals surface area contributed by atoms with Crippen LogP contribution in [0.3, 0.4) is 0 Å². The van der Waals surface area contributed by atoms with Crippen molar-refractivity contribution in [1.29, 1.82) is 0 Å². The third-order valence-electron chi connectivity index (χ3n) is 2.60. The molecule has 4 nitrogen and oxygen atoms in total. The second-order valence-electron chi connectivity index (χ2n) is 4.15. The molecule has 0 aromatic heterocycles. The van der Waals surface area contributed by atoms with Gasteiger partial charge in [0.25, 0.3) is 5.91 Å². The van der Waals surface area contributed by atoms with Gasteiger partial charge in [0.2, 0.25) is 0 Å². The minimum Gasteiger partial charge on any atom is -0.398 e. The predicted octanol–water partition coefficient (Wildman–Crippen LogP) is 2.47. The molecule has 5 heteroatoms. The molecule has 1 atom stereocenters. The van der Waals surface area contributed by atoms with E-state index < -0.39 is 0 Å². The second kappa shape index (κ2) is 7.24. The largest absolute Gasteiger partial charge is 0.398 e. The Morgan fingerprint density at radius 2 is 2.28 bits per heavy atom. The molecule has 0 saturated heterocycles. The number of rotatable bonds is 6. The topological polar surface area (TPSA) is 64.3 Å². The van der Waals surface area contributed by atoms with Crippen LogP contribution in [-0.4, -0.2) is 25.7 Å². The van der Waals surface area contributed by atoms with Gasteiger partial charge in [-0.2, -0.15) is 0 Å². The Bertz CT molecular complexity index is 404. The average molecular weight is 271 g/mol. The van der Waals surface area contributed by atoms with Crippen LogP contribution in [0.2, 0.25) is 5.02 Å². The maximum absolute atomic E-state index is 12.1. The van der Waals surface area contributed by atoms with E-state index in [1.807, 2.05) is 0 Å². The van der Waals surface area contributed by atoms with Crippen LogP contribution < -0.4 is 11.1 Å². The van der Waals surface area contributed by atoms with E-state index in [2.05, 4.69) is 12.2 Å². The van der Waals surface area contributed by atoms with E-state index in [0.717, 1.165) is 12.8 Å². The predicted molar refractivity (Wildman–Crippen MR) is 73.9 cm³/mol. The first-order chi connectivity index (χ1) is 8.58. The molecule has 100 valence electrons. The molecule has 0 aliphatic rings. The van der Waals surface area contributed by atoms with Gasteiger partial charge in [-0.25, -0.2) is 0 Å². The highest BCUT2D eigenvalue weighted by atomic mass is 35.5. The van der Waals surface area contributed by atoms with E-state index >= 15 is 0 Å². The zero-order chi connectivity index (χ0) is 13.5.